The summed E-state index contributed by atoms with van der Waals surface area (Å²) < 4.78 is 64.8. The Morgan fingerprint density at radius 2 is 0.881 bits per heavy atom. The van der Waals surface area contributed by atoms with Crippen molar-refractivity contribution in [1.29, 1.82) is 0 Å². The summed E-state index contributed by atoms with van der Waals surface area (Å²) in [6.45, 7) is 0. The van der Waals surface area contributed by atoms with Gasteiger partial charge in [0.25, 0.3) is 0 Å². The van der Waals surface area contributed by atoms with E-state index in [0.29, 0.717) is 11.4 Å². The standard InChI is InChI=1S/C65H44N2/c1-4-17-45(18-5-1)46-31-37-53(38-32-46)66(62-30-16-20-48-19-10-11-25-55(48)62)54-39-33-47(34-40-54)49-35-41-63-58(43-49)59-44-51(36-42-64(59)67(63)52-23-8-3-9-24-52)65(50-21-6-2-7-22-50)60-28-14-12-26-56(60)57-27-13-15-29-61(57)65/h1-44H/i10D,11D,16D,19D,20D,25D,30D. The fraction of sp³-hybridized carbons (Fsp3) is 0.0154. The fourth-order valence-electron chi connectivity index (χ4n) is 10.6. The largest absolute Gasteiger partial charge is 0.310 e. The van der Waals surface area contributed by atoms with Gasteiger partial charge in [0.05, 0.1) is 31.7 Å². The quantitative estimate of drug-likeness (QED) is 0.148. The minimum atomic E-state index is -0.578. The van der Waals surface area contributed by atoms with Crippen LogP contribution < -0.4 is 4.90 Å². The number of fused-ring (bicyclic) bond motifs is 7. The van der Waals surface area contributed by atoms with E-state index in [1.807, 2.05) is 84.9 Å². The molecule has 0 N–H and O–H groups in total. The second-order valence-corrected chi connectivity index (χ2v) is 17.1. The van der Waals surface area contributed by atoms with Gasteiger partial charge in [-0.3, -0.25) is 0 Å². The third kappa shape index (κ3) is 6.18. The van der Waals surface area contributed by atoms with Crippen molar-refractivity contribution in [2.24, 2.45) is 0 Å². The zero-order valence-corrected chi connectivity index (χ0v) is 36.3. The molecule has 67 heavy (non-hydrogen) atoms. The molecule has 11 aromatic carbocycles. The fourth-order valence-corrected chi connectivity index (χ4v) is 10.6. The molecule has 12 aromatic rings. The molecule has 1 aliphatic rings. The molecule has 0 bridgehead atoms. The van der Waals surface area contributed by atoms with Crippen LogP contribution >= 0.6 is 0 Å². The second-order valence-electron chi connectivity index (χ2n) is 17.1. The lowest BCUT2D eigenvalue weighted by atomic mass is 9.67. The number of rotatable bonds is 8. The van der Waals surface area contributed by atoms with Crippen molar-refractivity contribution in [2.75, 3.05) is 4.90 Å². The Morgan fingerprint density at radius 1 is 0.373 bits per heavy atom. The summed E-state index contributed by atoms with van der Waals surface area (Å²) in [4.78, 5) is 1.78. The molecule has 1 aromatic heterocycles. The average Bonchev–Trinajstić information content (AvgIpc) is 3.96. The van der Waals surface area contributed by atoms with Crippen molar-refractivity contribution in [1.82, 2.24) is 4.57 Å². The number of anilines is 3. The third-order valence-corrected chi connectivity index (χ3v) is 13.6. The van der Waals surface area contributed by atoms with Gasteiger partial charge in [-0.05, 0) is 128 Å². The lowest BCUT2D eigenvalue weighted by Gasteiger charge is -2.34. The first-order chi connectivity index (χ1) is 36.1. The summed E-state index contributed by atoms with van der Waals surface area (Å²) in [5, 5.41) is 2.12. The van der Waals surface area contributed by atoms with Crippen LogP contribution in [0, 0.1) is 0 Å². The molecule has 0 radical (unpaired) electrons. The molecule has 0 atom stereocenters. The molecule has 0 unspecified atom stereocenters. The molecular formula is C65H44N2. The van der Waals surface area contributed by atoms with E-state index in [9.17, 15) is 1.37 Å². The molecule has 0 saturated heterocycles. The Balaban J connectivity index is 1.00. The monoisotopic (exact) mass is 859 g/mol. The van der Waals surface area contributed by atoms with Gasteiger partial charge >= 0.3 is 0 Å². The molecule has 0 fully saturated rings. The number of aromatic nitrogens is 1. The van der Waals surface area contributed by atoms with Gasteiger partial charge in [0.2, 0.25) is 0 Å². The number of para-hydroxylation sites is 1. The van der Waals surface area contributed by atoms with Crippen LogP contribution in [0.25, 0.3) is 71.6 Å². The highest BCUT2D eigenvalue weighted by Gasteiger charge is 2.46. The molecule has 2 heteroatoms. The predicted molar refractivity (Wildman–Crippen MR) is 281 cm³/mol. The summed E-state index contributed by atoms with van der Waals surface area (Å²) in [6.07, 6.45) is 0. The Bertz CT molecular complexity index is 4140. The van der Waals surface area contributed by atoms with Crippen molar-refractivity contribution < 1.29 is 9.60 Å². The van der Waals surface area contributed by atoms with E-state index in [1.54, 1.807) is 4.90 Å². The number of benzene rings is 11. The minimum absolute atomic E-state index is 0.0106. The van der Waals surface area contributed by atoms with Crippen LogP contribution in [0.1, 0.15) is 31.8 Å². The Hall–Kier alpha value is -8.72. The van der Waals surface area contributed by atoms with Gasteiger partial charge < -0.3 is 9.47 Å². The lowest BCUT2D eigenvalue weighted by Crippen LogP contribution is -2.28. The summed E-state index contributed by atoms with van der Waals surface area (Å²) in [5.74, 6) is 0. The highest BCUT2D eigenvalue weighted by molar-refractivity contribution is 6.11. The Labute approximate surface area is 400 Å². The highest BCUT2D eigenvalue weighted by atomic mass is 15.1. The summed E-state index contributed by atoms with van der Waals surface area (Å²) in [7, 11) is 0. The van der Waals surface area contributed by atoms with Gasteiger partial charge in [-0.15, -0.1) is 0 Å². The molecule has 1 heterocycles. The molecule has 2 nitrogen and oxygen atoms in total. The smallest absolute Gasteiger partial charge is 0.0713 e. The predicted octanol–water partition coefficient (Wildman–Crippen LogP) is 17.1. The third-order valence-electron chi connectivity index (χ3n) is 13.6. The van der Waals surface area contributed by atoms with Gasteiger partial charge in [-0.1, -0.05) is 200 Å². The van der Waals surface area contributed by atoms with Crippen molar-refractivity contribution in [2.45, 2.75) is 5.41 Å². The van der Waals surface area contributed by atoms with Crippen LogP contribution in [0.2, 0.25) is 0 Å². The average molecular weight is 860 g/mol. The normalized spacial score (nSPS) is 14.1. The van der Waals surface area contributed by atoms with E-state index in [-0.39, 0.29) is 28.5 Å². The number of hydrogen-bond donors (Lipinski definition) is 0. The molecular weight excluding hydrogens is 809 g/mol. The molecule has 0 amide bonds. The first kappa shape index (κ1) is 32.0. The van der Waals surface area contributed by atoms with Crippen molar-refractivity contribution in [3.8, 4) is 39.1 Å². The van der Waals surface area contributed by atoms with Crippen LogP contribution in [0.4, 0.5) is 17.1 Å². The summed E-state index contributed by atoms with van der Waals surface area (Å²) in [5.41, 5.74) is 15.2. The SMILES string of the molecule is [2H]c1c([2H])c([2H])c2c(N(c3ccc(-c4ccccc4)cc3)c3ccc(-c4ccc5c(c4)c4cc(C6(c7ccccc7)c7ccccc7-c7ccccc76)ccc4n5-c4ccccc4)cc3)c([2H])c([2H])c([2H])c2c1[2H]. The highest BCUT2D eigenvalue weighted by Crippen LogP contribution is 2.56. The zero-order chi connectivity index (χ0) is 50.4. The van der Waals surface area contributed by atoms with E-state index >= 15 is 0 Å². The van der Waals surface area contributed by atoms with Gasteiger partial charge in [0.1, 0.15) is 0 Å². The van der Waals surface area contributed by atoms with E-state index in [2.05, 4.69) is 144 Å². The van der Waals surface area contributed by atoms with E-state index in [0.717, 1.165) is 49.7 Å². The van der Waals surface area contributed by atoms with Gasteiger partial charge in [-0.25, -0.2) is 0 Å². The van der Waals surface area contributed by atoms with Gasteiger partial charge in [-0.2, -0.15) is 0 Å². The van der Waals surface area contributed by atoms with Crippen molar-refractivity contribution >= 4 is 49.6 Å². The Morgan fingerprint density at radius 3 is 1.55 bits per heavy atom. The zero-order valence-electron chi connectivity index (χ0n) is 43.3. The number of hydrogen-bond acceptors (Lipinski definition) is 1. The molecule has 0 aliphatic heterocycles. The topological polar surface area (TPSA) is 8.17 Å². The van der Waals surface area contributed by atoms with E-state index in [1.165, 1.54) is 33.4 Å². The van der Waals surface area contributed by atoms with Gasteiger partial charge in [0, 0.05) is 33.2 Å². The van der Waals surface area contributed by atoms with Crippen LogP contribution in [0.5, 0.6) is 0 Å². The molecule has 0 spiro atoms. The van der Waals surface area contributed by atoms with Crippen LogP contribution in [-0.4, -0.2) is 4.57 Å². The van der Waals surface area contributed by atoms with Crippen LogP contribution in [-0.2, 0) is 5.41 Å². The molecule has 0 saturated carbocycles. The molecule has 1 aliphatic carbocycles. The van der Waals surface area contributed by atoms with Crippen LogP contribution in [0.3, 0.4) is 0 Å². The van der Waals surface area contributed by atoms with E-state index < -0.39 is 35.6 Å². The van der Waals surface area contributed by atoms with Crippen molar-refractivity contribution in [3.05, 3.63) is 289 Å². The second kappa shape index (κ2) is 15.8. The first-order valence-electron chi connectivity index (χ1n) is 26.1. The molecule has 13 rings (SSSR count). The Kier molecular flexibility index (Phi) is 7.53. The summed E-state index contributed by atoms with van der Waals surface area (Å²) >= 11 is 0. The maximum atomic E-state index is 9.40. The lowest BCUT2D eigenvalue weighted by molar-refractivity contribution is 0.770. The maximum Gasteiger partial charge on any atom is 0.0713 e. The number of nitrogens with zero attached hydrogens (tertiary/aromatic N) is 2. The maximum absolute atomic E-state index is 9.40. The van der Waals surface area contributed by atoms with Crippen LogP contribution in [0.15, 0.2) is 267 Å². The molecule has 314 valence electrons. The first-order valence-corrected chi connectivity index (χ1v) is 22.6. The van der Waals surface area contributed by atoms with Crippen molar-refractivity contribution in [3.63, 3.8) is 0 Å². The summed E-state index contributed by atoms with van der Waals surface area (Å²) in [6, 6.07) is 75.3. The minimum Gasteiger partial charge on any atom is -0.310 e. The van der Waals surface area contributed by atoms with E-state index in [4.69, 9.17) is 8.22 Å². The van der Waals surface area contributed by atoms with Gasteiger partial charge in [0.15, 0.2) is 0 Å².